The van der Waals surface area contributed by atoms with Gasteiger partial charge >= 0.3 is 5.97 Å². The van der Waals surface area contributed by atoms with Crippen LogP contribution in [0.3, 0.4) is 0 Å². The SMILES string of the molecule is O=C(Oc1ccc(N2C(=O)[C@H]3CCCC[C@H]3C2=O)cc1)[C@@H]1CC(=O)N(c2cccc(Cl)c2Cl)C1. The van der Waals surface area contributed by atoms with E-state index in [1.807, 2.05) is 0 Å². The molecule has 2 aliphatic heterocycles. The molecule has 9 heteroatoms. The van der Waals surface area contributed by atoms with Crippen molar-refractivity contribution in [2.75, 3.05) is 16.3 Å². The zero-order chi connectivity index (χ0) is 24.0. The van der Waals surface area contributed by atoms with E-state index in [9.17, 15) is 19.2 Å². The number of rotatable bonds is 4. The van der Waals surface area contributed by atoms with Crippen LogP contribution in [0.15, 0.2) is 42.5 Å². The molecule has 3 atom stereocenters. The van der Waals surface area contributed by atoms with E-state index in [4.69, 9.17) is 27.9 Å². The minimum absolute atomic E-state index is 0.000677. The van der Waals surface area contributed by atoms with Gasteiger partial charge in [-0.1, -0.05) is 42.1 Å². The van der Waals surface area contributed by atoms with Crippen LogP contribution in [0.2, 0.25) is 10.0 Å². The summed E-state index contributed by atoms with van der Waals surface area (Å²) in [5, 5.41) is 0.584. The molecule has 2 heterocycles. The van der Waals surface area contributed by atoms with Crippen molar-refractivity contribution in [2.24, 2.45) is 17.8 Å². The van der Waals surface area contributed by atoms with Crippen LogP contribution in [0, 0.1) is 17.8 Å². The first-order chi connectivity index (χ1) is 16.3. The molecule has 176 valence electrons. The Morgan fingerprint density at radius 3 is 2.21 bits per heavy atom. The zero-order valence-corrected chi connectivity index (χ0v) is 19.7. The van der Waals surface area contributed by atoms with Gasteiger partial charge in [0.05, 0.1) is 39.2 Å². The molecular formula is C25H22Cl2N2O5. The highest BCUT2D eigenvalue weighted by Gasteiger charge is 2.48. The molecule has 1 aliphatic carbocycles. The van der Waals surface area contributed by atoms with E-state index < -0.39 is 11.9 Å². The lowest BCUT2D eigenvalue weighted by Crippen LogP contribution is -2.30. The molecule has 0 spiro atoms. The van der Waals surface area contributed by atoms with Crippen molar-refractivity contribution >= 4 is 58.3 Å². The normalized spacial score (nSPS) is 24.5. The molecule has 2 aromatic rings. The maximum atomic E-state index is 12.8. The van der Waals surface area contributed by atoms with E-state index in [2.05, 4.69) is 0 Å². The molecule has 3 amide bonds. The van der Waals surface area contributed by atoms with Crippen LogP contribution in [0.5, 0.6) is 5.75 Å². The van der Waals surface area contributed by atoms with Crippen LogP contribution in [0.1, 0.15) is 32.1 Å². The van der Waals surface area contributed by atoms with Crippen LogP contribution in [-0.4, -0.2) is 30.2 Å². The molecule has 34 heavy (non-hydrogen) atoms. The van der Waals surface area contributed by atoms with E-state index in [0.717, 1.165) is 25.7 Å². The summed E-state index contributed by atoms with van der Waals surface area (Å²) in [7, 11) is 0. The third-order valence-electron chi connectivity index (χ3n) is 6.83. The van der Waals surface area contributed by atoms with Gasteiger partial charge in [-0.05, 0) is 49.2 Å². The number of fused-ring (bicyclic) bond motifs is 1. The van der Waals surface area contributed by atoms with Crippen LogP contribution in [0.4, 0.5) is 11.4 Å². The van der Waals surface area contributed by atoms with Gasteiger partial charge in [-0.2, -0.15) is 0 Å². The van der Waals surface area contributed by atoms with Gasteiger partial charge < -0.3 is 9.64 Å². The number of nitrogens with zero attached hydrogens (tertiary/aromatic N) is 2. The second-order valence-electron chi connectivity index (χ2n) is 8.90. The fraction of sp³-hybridized carbons (Fsp3) is 0.360. The number of benzene rings is 2. The number of anilines is 2. The summed E-state index contributed by atoms with van der Waals surface area (Å²) in [6.45, 7) is 0.134. The van der Waals surface area contributed by atoms with Crippen molar-refractivity contribution in [2.45, 2.75) is 32.1 Å². The number of carbonyl (C=O) groups excluding carboxylic acids is 4. The van der Waals surface area contributed by atoms with Crippen LogP contribution < -0.4 is 14.5 Å². The highest BCUT2D eigenvalue weighted by Crippen LogP contribution is 2.40. The molecule has 0 unspecified atom stereocenters. The number of imide groups is 1. The Balaban J connectivity index is 1.25. The molecule has 0 aromatic heterocycles. The number of amides is 3. The Bertz CT molecular complexity index is 1160. The van der Waals surface area contributed by atoms with Gasteiger partial charge in [0.15, 0.2) is 0 Å². The Hall–Kier alpha value is -2.90. The summed E-state index contributed by atoms with van der Waals surface area (Å²) in [5.41, 5.74) is 0.932. The van der Waals surface area contributed by atoms with E-state index in [0.29, 0.717) is 16.4 Å². The molecule has 5 rings (SSSR count). The van der Waals surface area contributed by atoms with Crippen molar-refractivity contribution in [3.63, 3.8) is 0 Å². The van der Waals surface area contributed by atoms with Crippen LogP contribution >= 0.6 is 23.2 Å². The molecule has 2 aromatic carbocycles. The van der Waals surface area contributed by atoms with Crippen molar-refractivity contribution < 1.29 is 23.9 Å². The van der Waals surface area contributed by atoms with Crippen LogP contribution in [0.25, 0.3) is 0 Å². The van der Waals surface area contributed by atoms with Gasteiger partial charge in [0.2, 0.25) is 17.7 Å². The topological polar surface area (TPSA) is 84.0 Å². The van der Waals surface area contributed by atoms with E-state index >= 15 is 0 Å². The predicted octanol–water partition coefficient (Wildman–Crippen LogP) is 4.63. The summed E-state index contributed by atoms with van der Waals surface area (Å²) in [4.78, 5) is 53.5. The maximum Gasteiger partial charge on any atom is 0.316 e. The van der Waals surface area contributed by atoms with Gasteiger partial charge in [-0.25, -0.2) is 0 Å². The molecule has 2 saturated heterocycles. The fourth-order valence-electron chi connectivity index (χ4n) is 5.08. The molecule has 0 radical (unpaired) electrons. The first kappa shape index (κ1) is 22.9. The quantitative estimate of drug-likeness (QED) is 0.347. The van der Waals surface area contributed by atoms with Crippen molar-refractivity contribution in [3.05, 3.63) is 52.5 Å². The number of halogens is 2. The molecule has 0 bridgehead atoms. The first-order valence-corrected chi connectivity index (χ1v) is 12.0. The Labute approximate surface area is 206 Å². The largest absolute Gasteiger partial charge is 0.426 e. The molecule has 7 nitrogen and oxygen atoms in total. The minimum atomic E-state index is -0.660. The standard InChI is InChI=1S/C25H22Cl2N2O5/c26-19-6-3-7-20(22(19)27)28-13-14(12-21(28)30)25(33)34-16-10-8-15(9-11-16)29-23(31)17-4-1-2-5-18(17)24(29)32/h3,6-11,14,17-18H,1-2,4-5,12-13H2/t14-,17-,18+/m1/s1. The minimum Gasteiger partial charge on any atom is -0.426 e. The van der Waals surface area contributed by atoms with Crippen molar-refractivity contribution in [1.29, 1.82) is 0 Å². The molecule has 0 N–H and O–H groups in total. The number of esters is 1. The van der Waals surface area contributed by atoms with Gasteiger partial charge in [0, 0.05) is 13.0 Å². The van der Waals surface area contributed by atoms with E-state index in [-0.39, 0.29) is 53.3 Å². The van der Waals surface area contributed by atoms with Gasteiger partial charge in [-0.3, -0.25) is 24.1 Å². The second-order valence-corrected chi connectivity index (χ2v) is 9.69. The molecular weight excluding hydrogens is 479 g/mol. The number of carbonyl (C=O) groups is 4. The lowest BCUT2D eigenvalue weighted by atomic mass is 9.81. The summed E-state index contributed by atoms with van der Waals surface area (Å²) in [5.74, 6) is -1.92. The lowest BCUT2D eigenvalue weighted by molar-refractivity contribution is -0.139. The summed E-state index contributed by atoms with van der Waals surface area (Å²) in [6, 6.07) is 11.3. The average Bonchev–Trinajstić information content (AvgIpc) is 3.34. The average molecular weight is 501 g/mol. The van der Waals surface area contributed by atoms with Crippen molar-refractivity contribution in [3.8, 4) is 5.75 Å². The molecule has 3 aliphatic rings. The fourth-order valence-corrected chi connectivity index (χ4v) is 5.48. The molecule has 3 fully saturated rings. The maximum absolute atomic E-state index is 12.8. The second kappa shape index (κ2) is 9.04. The third kappa shape index (κ3) is 3.97. The van der Waals surface area contributed by atoms with Crippen LogP contribution in [-0.2, 0) is 19.2 Å². The van der Waals surface area contributed by atoms with Gasteiger partial charge in [0.1, 0.15) is 5.75 Å². The van der Waals surface area contributed by atoms with E-state index in [1.165, 1.54) is 9.80 Å². The predicted molar refractivity (Wildman–Crippen MR) is 127 cm³/mol. The van der Waals surface area contributed by atoms with Crippen molar-refractivity contribution in [1.82, 2.24) is 0 Å². The number of ether oxygens (including phenoxy) is 1. The first-order valence-electron chi connectivity index (χ1n) is 11.3. The third-order valence-corrected chi connectivity index (χ3v) is 7.64. The number of hydrogen-bond acceptors (Lipinski definition) is 5. The monoisotopic (exact) mass is 500 g/mol. The highest BCUT2D eigenvalue weighted by molar-refractivity contribution is 6.44. The van der Waals surface area contributed by atoms with Gasteiger partial charge in [0.25, 0.3) is 0 Å². The Kier molecular flexibility index (Phi) is 6.08. The highest BCUT2D eigenvalue weighted by atomic mass is 35.5. The smallest absolute Gasteiger partial charge is 0.316 e. The lowest BCUT2D eigenvalue weighted by Gasteiger charge is -2.19. The summed E-state index contributed by atoms with van der Waals surface area (Å²) < 4.78 is 5.49. The van der Waals surface area contributed by atoms with E-state index in [1.54, 1.807) is 42.5 Å². The zero-order valence-electron chi connectivity index (χ0n) is 18.2. The summed E-state index contributed by atoms with van der Waals surface area (Å²) >= 11 is 12.3. The summed E-state index contributed by atoms with van der Waals surface area (Å²) in [6.07, 6.45) is 3.43. The Morgan fingerprint density at radius 2 is 1.56 bits per heavy atom. The number of hydrogen-bond donors (Lipinski definition) is 0. The van der Waals surface area contributed by atoms with Gasteiger partial charge in [-0.15, -0.1) is 0 Å². The molecule has 1 saturated carbocycles. The Morgan fingerprint density at radius 1 is 0.912 bits per heavy atom.